The first-order valence-corrected chi connectivity index (χ1v) is 8.21. The molecule has 3 N–H and O–H groups in total. The third-order valence-corrected chi connectivity index (χ3v) is 4.42. The highest BCUT2D eigenvalue weighted by Gasteiger charge is 2.19. The molecule has 5 nitrogen and oxygen atoms in total. The SMILES string of the molecule is CCC(NC(=O)CCC1CCNC1)c1nc2ccccc2[nH]1.Cl.Cl. The van der Waals surface area contributed by atoms with Crippen LogP contribution in [0.1, 0.15) is 44.5 Å². The van der Waals surface area contributed by atoms with Crippen LogP contribution in [0.25, 0.3) is 11.0 Å². The Hall–Kier alpha value is -1.30. The maximum Gasteiger partial charge on any atom is 0.220 e. The van der Waals surface area contributed by atoms with Crippen LogP contribution in [0.5, 0.6) is 0 Å². The van der Waals surface area contributed by atoms with Crippen molar-refractivity contribution in [2.75, 3.05) is 13.1 Å². The van der Waals surface area contributed by atoms with E-state index in [9.17, 15) is 4.79 Å². The van der Waals surface area contributed by atoms with E-state index < -0.39 is 0 Å². The number of hydrogen-bond donors (Lipinski definition) is 3. The van der Waals surface area contributed by atoms with Gasteiger partial charge < -0.3 is 15.6 Å². The van der Waals surface area contributed by atoms with E-state index in [1.165, 1.54) is 6.42 Å². The van der Waals surface area contributed by atoms with E-state index in [4.69, 9.17) is 0 Å². The largest absolute Gasteiger partial charge is 0.346 e. The van der Waals surface area contributed by atoms with Gasteiger partial charge in [-0.2, -0.15) is 0 Å². The van der Waals surface area contributed by atoms with Crippen molar-refractivity contribution < 1.29 is 4.79 Å². The predicted molar refractivity (Wildman–Crippen MR) is 102 cm³/mol. The second-order valence-corrected chi connectivity index (χ2v) is 6.07. The van der Waals surface area contributed by atoms with Crippen molar-refractivity contribution in [1.82, 2.24) is 20.6 Å². The molecule has 1 amide bonds. The molecule has 3 rings (SSSR count). The van der Waals surface area contributed by atoms with Gasteiger partial charge >= 0.3 is 0 Å². The Morgan fingerprint density at radius 1 is 1.38 bits per heavy atom. The summed E-state index contributed by atoms with van der Waals surface area (Å²) in [5.41, 5.74) is 1.96. The van der Waals surface area contributed by atoms with Gasteiger partial charge in [0, 0.05) is 6.42 Å². The maximum absolute atomic E-state index is 12.2. The van der Waals surface area contributed by atoms with Crippen molar-refractivity contribution in [2.45, 2.75) is 38.6 Å². The molecule has 0 saturated carbocycles. The smallest absolute Gasteiger partial charge is 0.220 e. The van der Waals surface area contributed by atoms with Gasteiger partial charge in [0.25, 0.3) is 0 Å². The lowest BCUT2D eigenvalue weighted by Crippen LogP contribution is -2.29. The standard InChI is InChI=1S/C17H24N4O.2ClH/c1-2-13(17-20-14-5-3-4-6-15(14)21-17)19-16(22)8-7-12-9-10-18-11-12;;/h3-6,12-13,18H,2,7-11H2,1H3,(H,19,22)(H,20,21);2*1H. The molecule has 1 aliphatic heterocycles. The molecule has 1 aromatic heterocycles. The number of H-pyrrole nitrogens is 1. The number of hydrogen-bond acceptors (Lipinski definition) is 3. The molecular formula is C17H26Cl2N4O. The number of para-hydroxylation sites is 2. The second-order valence-electron chi connectivity index (χ2n) is 6.07. The lowest BCUT2D eigenvalue weighted by atomic mass is 10.0. The van der Waals surface area contributed by atoms with E-state index in [2.05, 4.69) is 27.5 Å². The summed E-state index contributed by atoms with van der Waals surface area (Å²) in [5, 5.41) is 6.46. The Morgan fingerprint density at radius 3 is 2.83 bits per heavy atom. The fourth-order valence-corrected chi connectivity index (χ4v) is 3.06. The quantitative estimate of drug-likeness (QED) is 0.727. The molecule has 0 aliphatic carbocycles. The molecule has 2 atom stereocenters. The summed E-state index contributed by atoms with van der Waals surface area (Å²) in [6, 6.07) is 7.91. The number of imidazole rings is 1. The zero-order valence-corrected chi connectivity index (χ0v) is 15.5. The third-order valence-electron chi connectivity index (χ3n) is 4.42. The van der Waals surface area contributed by atoms with E-state index in [1.54, 1.807) is 0 Å². The van der Waals surface area contributed by atoms with Gasteiger partial charge in [-0.1, -0.05) is 19.1 Å². The molecule has 2 heterocycles. The number of carbonyl (C=O) groups is 1. The Bertz CT molecular complexity index is 607. The van der Waals surface area contributed by atoms with Gasteiger partial charge in [-0.15, -0.1) is 24.8 Å². The average molecular weight is 373 g/mol. The molecule has 2 aromatic rings. The number of benzene rings is 1. The van der Waals surface area contributed by atoms with Crippen LogP contribution in [0.2, 0.25) is 0 Å². The van der Waals surface area contributed by atoms with Crippen molar-refractivity contribution in [1.29, 1.82) is 0 Å². The molecule has 7 heteroatoms. The highest BCUT2D eigenvalue weighted by molar-refractivity contribution is 5.85. The van der Waals surface area contributed by atoms with Crippen LogP contribution in [0.3, 0.4) is 0 Å². The number of halogens is 2. The van der Waals surface area contributed by atoms with E-state index in [-0.39, 0.29) is 36.8 Å². The monoisotopic (exact) mass is 372 g/mol. The van der Waals surface area contributed by atoms with Crippen LogP contribution >= 0.6 is 24.8 Å². The van der Waals surface area contributed by atoms with Gasteiger partial charge in [-0.25, -0.2) is 4.98 Å². The summed E-state index contributed by atoms with van der Waals surface area (Å²) in [7, 11) is 0. The highest BCUT2D eigenvalue weighted by atomic mass is 35.5. The fourth-order valence-electron chi connectivity index (χ4n) is 3.06. The summed E-state index contributed by atoms with van der Waals surface area (Å²) < 4.78 is 0. The summed E-state index contributed by atoms with van der Waals surface area (Å²) in [6.45, 7) is 4.20. The normalized spacial score (nSPS) is 17.8. The number of carbonyl (C=O) groups excluding carboxylic acids is 1. The summed E-state index contributed by atoms with van der Waals surface area (Å²) in [6.07, 6.45) is 3.59. The zero-order chi connectivity index (χ0) is 15.4. The molecule has 0 spiro atoms. The molecule has 134 valence electrons. The van der Waals surface area contributed by atoms with Crippen LogP contribution in [-0.2, 0) is 4.79 Å². The van der Waals surface area contributed by atoms with Gasteiger partial charge in [-0.05, 0) is 50.4 Å². The number of fused-ring (bicyclic) bond motifs is 1. The maximum atomic E-state index is 12.2. The number of aromatic amines is 1. The van der Waals surface area contributed by atoms with Crippen molar-refractivity contribution in [3.05, 3.63) is 30.1 Å². The Balaban J connectivity index is 0.00000144. The lowest BCUT2D eigenvalue weighted by molar-refractivity contribution is -0.122. The molecule has 24 heavy (non-hydrogen) atoms. The Kier molecular flexibility index (Phi) is 8.53. The molecule has 1 fully saturated rings. The molecule has 1 aromatic carbocycles. The molecule has 1 saturated heterocycles. The van der Waals surface area contributed by atoms with Gasteiger partial charge in [0.1, 0.15) is 5.82 Å². The minimum Gasteiger partial charge on any atom is -0.346 e. The molecule has 0 radical (unpaired) electrons. The summed E-state index contributed by atoms with van der Waals surface area (Å²) >= 11 is 0. The number of aromatic nitrogens is 2. The van der Waals surface area contributed by atoms with Gasteiger partial charge in [0.15, 0.2) is 0 Å². The van der Waals surface area contributed by atoms with Gasteiger partial charge in [0.05, 0.1) is 17.1 Å². The van der Waals surface area contributed by atoms with Crippen LogP contribution in [-0.4, -0.2) is 29.0 Å². The summed E-state index contributed by atoms with van der Waals surface area (Å²) in [4.78, 5) is 20.1. The van der Waals surface area contributed by atoms with Crippen LogP contribution < -0.4 is 10.6 Å². The average Bonchev–Trinajstić information content (AvgIpc) is 3.19. The number of rotatable bonds is 6. The molecule has 1 aliphatic rings. The first-order valence-electron chi connectivity index (χ1n) is 8.21. The van der Waals surface area contributed by atoms with E-state index >= 15 is 0 Å². The van der Waals surface area contributed by atoms with Gasteiger partial charge in [0.2, 0.25) is 5.91 Å². The zero-order valence-electron chi connectivity index (χ0n) is 13.9. The highest BCUT2D eigenvalue weighted by Crippen LogP contribution is 2.19. The van der Waals surface area contributed by atoms with Crippen molar-refractivity contribution in [3.63, 3.8) is 0 Å². The van der Waals surface area contributed by atoms with E-state index in [0.29, 0.717) is 12.3 Å². The van der Waals surface area contributed by atoms with Crippen molar-refractivity contribution >= 4 is 41.8 Å². The first-order chi connectivity index (χ1) is 10.8. The molecule has 2 unspecified atom stereocenters. The number of amides is 1. The molecular weight excluding hydrogens is 347 g/mol. The Labute approximate surface area is 155 Å². The summed E-state index contributed by atoms with van der Waals surface area (Å²) in [5.74, 6) is 1.62. The Morgan fingerprint density at radius 2 is 2.17 bits per heavy atom. The topological polar surface area (TPSA) is 69.8 Å². The van der Waals surface area contributed by atoms with Crippen LogP contribution in [0.15, 0.2) is 24.3 Å². The molecule has 0 bridgehead atoms. The minimum absolute atomic E-state index is 0. The lowest BCUT2D eigenvalue weighted by Gasteiger charge is -2.15. The van der Waals surface area contributed by atoms with Crippen molar-refractivity contribution in [3.8, 4) is 0 Å². The second kappa shape index (κ2) is 9.87. The third kappa shape index (κ3) is 5.10. The number of nitrogens with one attached hydrogen (secondary N) is 3. The van der Waals surface area contributed by atoms with Crippen LogP contribution in [0.4, 0.5) is 0 Å². The minimum atomic E-state index is -0.0402. The van der Waals surface area contributed by atoms with Crippen LogP contribution in [0, 0.1) is 5.92 Å². The van der Waals surface area contributed by atoms with E-state index in [1.807, 2.05) is 24.3 Å². The number of nitrogens with zero attached hydrogens (tertiary/aromatic N) is 1. The fraction of sp³-hybridized carbons (Fsp3) is 0.529. The van der Waals surface area contributed by atoms with Gasteiger partial charge in [-0.3, -0.25) is 4.79 Å². The predicted octanol–water partition coefficient (Wildman–Crippen LogP) is 3.36. The van der Waals surface area contributed by atoms with Crippen molar-refractivity contribution in [2.24, 2.45) is 5.92 Å². The first kappa shape index (κ1) is 20.7. The van der Waals surface area contributed by atoms with E-state index in [0.717, 1.165) is 42.8 Å².